The summed E-state index contributed by atoms with van der Waals surface area (Å²) in [5.41, 5.74) is 0.346. The predicted molar refractivity (Wildman–Crippen MR) is 34.3 cm³/mol. The molecule has 0 saturated carbocycles. The Bertz CT molecular complexity index is 76.7. The Morgan fingerprint density at radius 2 is 1.57 bits per heavy atom. The molecular formula is C6H11Sn. The van der Waals surface area contributed by atoms with Crippen molar-refractivity contribution in [1.29, 1.82) is 0 Å². The van der Waals surface area contributed by atoms with Gasteiger partial charge < -0.3 is 0 Å². The molecule has 0 atom stereocenters. The molecule has 0 aliphatic carbocycles. The van der Waals surface area contributed by atoms with Crippen LogP contribution in [0, 0.1) is 5.41 Å². The van der Waals surface area contributed by atoms with E-state index in [4.69, 9.17) is 0 Å². The summed E-state index contributed by atoms with van der Waals surface area (Å²) in [6.07, 6.45) is 0. The fourth-order valence-electron chi connectivity index (χ4n) is 0. The van der Waals surface area contributed by atoms with Gasteiger partial charge >= 0.3 is 58.9 Å². The van der Waals surface area contributed by atoms with Crippen molar-refractivity contribution in [1.82, 2.24) is 0 Å². The molecule has 1 heteroatoms. The molecule has 0 aliphatic heterocycles. The Hall–Kier alpha value is 0.539. The van der Waals surface area contributed by atoms with Gasteiger partial charge in [0.05, 0.1) is 0 Å². The van der Waals surface area contributed by atoms with Crippen LogP contribution in [0.5, 0.6) is 0 Å². The van der Waals surface area contributed by atoms with E-state index in [-0.39, 0.29) is 0 Å². The Kier molecular flexibility index (Phi) is 2.37. The third-order valence-corrected chi connectivity index (χ3v) is 3.05. The quantitative estimate of drug-likeness (QED) is 0.524. The van der Waals surface area contributed by atoms with Crippen LogP contribution in [-0.4, -0.2) is 22.5 Å². The van der Waals surface area contributed by atoms with Gasteiger partial charge in [-0.05, 0) is 0 Å². The van der Waals surface area contributed by atoms with E-state index in [1.807, 2.05) is 0 Å². The van der Waals surface area contributed by atoms with Gasteiger partial charge in [-0.3, -0.25) is 0 Å². The van der Waals surface area contributed by atoms with Crippen LogP contribution in [0.15, 0.2) is 10.2 Å². The fraction of sp³-hybridized carbons (Fsp3) is 0.667. The first-order valence-corrected chi connectivity index (χ1v) is 3.78. The van der Waals surface area contributed by atoms with Gasteiger partial charge in [0, 0.05) is 0 Å². The van der Waals surface area contributed by atoms with Gasteiger partial charge in [-0.25, -0.2) is 0 Å². The van der Waals surface area contributed by atoms with E-state index >= 15 is 0 Å². The molecule has 3 radical (unpaired) electrons. The van der Waals surface area contributed by atoms with Crippen molar-refractivity contribution in [2.75, 3.05) is 0 Å². The number of hydrogen-bond acceptors (Lipinski definition) is 0. The van der Waals surface area contributed by atoms with Crippen molar-refractivity contribution in [3.05, 3.63) is 10.2 Å². The van der Waals surface area contributed by atoms with Gasteiger partial charge in [0.15, 0.2) is 0 Å². The molecule has 0 rings (SSSR count). The van der Waals surface area contributed by atoms with E-state index in [9.17, 15) is 0 Å². The van der Waals surface area contributed by atoms with Gasteiger partial charge in [-0.1, -0.05) is 0 Å². The second kappa shape index (κ2) is 2.20. The van der Waals surface area contributed by atoms with Gasteiger partial charge in [-0.2, -0.15) is 0 Å². The molecule has 0 aliphatic rings. The summed E-state index contributed by atoms with van der Waals surface area (Å²) in [5, 5.41) is 0. The first-order chi connectivity index (χ1) is 2.94. The van der Waals surface area contributed by atoms with Crippen LogP contribution in [0.3, 0.4) is 0 Å². The summed E-state index contributed by atoms with van der Waals surface area (Å²) < 4.78 is 1.33. The molecule has 39 valence electrons. The van der Waals surface area contributed by atoms with Crippen LogP contribution in [0.2, 0.25) is 0 Å². The Labute approximate surface area is 59.1 Å². The van der Waals surface area contributed by atoms with Gasteiger partial charge in [0.1, 0.15) is 0 Å². The minimum absolute atomic E-state index is 0.346. The molecule has 0 aromatic heterocycles. The van der Waals surface area contributed by atoms with Gasteiger partial charge in [0.25, 0.3) is 0 Å². The Morgan fingerprint density at radius 3 is 1.57 bits per heavy atom. The first kappa shape index (κ1) is 7.54. The molecule has 0 nitrogen and oxygen atoms in total. The molecule has 0 fully saturated rings. The average molecular weight is 202 g/mol. The monoisotopic (exact) mass is 203 g/mol. The number of allylic oxidation sites excluding steroid dienone is 1. The molecule has 0 bridgehead atoms. The Balaban J connectivity index is 3.79. The molecule has 0 spiro atoms. The second-order valence-electron chi connectivity index (χ2n) is 2.73. The molecule has 0 unspecified atom stereocenters. The third-order valence-electron chi connectivity index (χ3n) is 0.905. The summed E-state index contributed by atoms with van der Waals surface area (Å²) in [7, 11) is 0. The predicted octanol–water partition coefficient (Wildman–Crippen LogP) is 1.71. The van der Waals surface area contributed by atoms with E-state index < -0.39 is 0 Å². The molecule has 0 amide bonds. The first-order valence-electron chi connectivity index (χ1n) is 2.35. The molecule has 0 N–H and O–H groups in total. The molecule has 0 saturated heterocycles. The van der Waals surface area contributed by atoms with Crippen LogP contribution in [-0.2, 0) is 0 Å². The topological polar surface area (TPSA) is 0 Å². The van der Waals surface area contributed by atoms with Crippen molar-refractivity contribution in [2.24, 2.45) is 5.41 Å². The fourth-order valence-corrected chi connectivity index (χ4v) is 0. The maximum atomic E-state index is 3.87. The zero-order valence-corrected chi connectivity index (χ0v) is 8.06. The number of hydrogen-bond donors (Lipinski definition) is 0. The summed E-state index contributed by atoms with van der Waals surface area (Å²) in [6, 6.07) is 0. The van der Waals surface area contributed by atoms with E-state index in [1.54, 1.807) is 0 Å². The van der Waals surface area contributed by atoms with E-state index in [2.05, 4.69) is 27.4 Å². The van der Waals surface area contributed by atoms with Crippen LogP contribution >= 0.6 is 0 Å². The summed E-state index contributed by atoms with van der Waals surface area (Å²) in [6.45, 7) is 10.4. The summed E-state index contributed by atoms with van der Waals surface area (Å²) in [4.78, 5) is 0. The second-order valence-corrected chi connectivity index (χ2v) is 4.45. The maximum absolute atomic E-state index is 3.87. The molecule has 0 aromatic carbocycles. The standard InChI is InChI=1S/C6H11.Sn/c1-5-6(2,3)4;/h1H2,2-4H3;. The van der Waals surface area contributed by atoms with Crippen LogP contribution in [0.1, 0.15) is 20.8 Å². The van der Waals surface area contributed by atoms with E-state index in [0.717, 1.165) is 0 Å². The van der Waals surface area contributed by atoms with Gasteiger partial charge in [0.2, 0.25) is 0 Å². The van der Waals surface area contributed by atoms with Crippen molar-refractivity contribution in [2.45, 2.75) is 20.8 Å². The van der Waals surface area contributed by atoms with Crippen LogP contribution < -0.4 is 0 Å². The van der Waals surface area contributed by atoms with Crippen molar-refractivity contribution in [3.63, 3.8) is 0 Å². The van der Waals surface area contributed by atoms with Crippen LogP contribution in [0.4, 0.5) is 0 Å². The summed E-state index contributed by atoms with van der Waals surface area (Å²) >= 11 is 1.46. The van der Waals surface area contributed by atoms with E-state index in [1.165, 1.54) is 26.1 Å². The Morgan fingerprint density at radius 1 is 1.43 bits per heavy atom. The average Bonchev–Trinajstić information content (AvgIpc) is 1.31. The van der Waals surface area contributed by atoms with Crippen molar-refractivity contribution < 1.29 is 0 Å². The number of rotatable bonds is 0. The third kappa shape index (κ3) is 3.15. The summed E-state index contributed by atoms with van der Waals surface area (Å²) in [5.74, 6) is 0. The molecule has 0 heterocycles. The van der Waals surface area contributed by atoms with Crippen LogP contribution in [0.25, 0.3) is 0 Å². The van der Waals surface area contributed by atoms with Crippen molar-refractivity contribution in [3.8, 4) is 0 Å². The minimum atomic E-state index is 0.346. The molecular weight excluding hydrogens is 191 g/mol. The zero-order valence-electron chi connectivity index (χ0n) is 5.21. The molecule has 0 aromatic rings. The molecule has 7 heavy (non-hydrogen) atoms. The van der Waals surface area contributed by atoms with Crippen molar-refractivity contribution >= 4 is 22.5 Å². The zero-order chi connectivity index (χ0) is 6.08. The normalized spacial score (nSPS) is 11.4. The SMILES string of the molecule is C=[C]([Sn])C(C)(C)C. The van der Waals surface area contributed by atoms with Gasteiger partial charge in [-0.15, -0.1) is 0 Å². The van der Waals surface area contributed by atoms with E-state index in [0.29, 0.717) is 5.41 Å².